The molecule has 0 fully saturated rings. The first kappa shape index (κ1) is 9.33. The lowest BCUT2D eigenvalue weighted by Crippen LogP contribution is -2.39. The standard InChI is InChI=1S/C9H7BrN2O2/c1-5-2-6(10)9-11-7(13)3-8(14)12(9)4-5/h2,4H,3H2,1H3. The van der Waals surface area contributed by atoms with E-state index in [-0.39, 0.29) is 18.2 Å². The number of hydrogen-bond acceptors (Lipinski definition) is 2. The van der Waals surface area contributed by atoms with Gasteiger partial charge >= 0.3 is 0 Å². The Morgan fingerprint density at radius 1 is 1.50 bits per heavy atom. The predicted octanol–water partition coefficient (Wildman–Crippen LogP) is 1.34. The fourth-order valence-electron chi connectivity index (χ4n) is 1.35. The van der Waals surface area contributed by atoms with E-state index < -0.39 is 0 Å². The zero-order valence-corrected chi connectivity index (χ0v) is 9.04. The molecular weight excluding hydrogens is 248 g/mol. The van der Waals surface area contributed by atoms with Crippen molar-refractivity contribution >= 4 is 33.6 Å². The van der Waals surface area contributed by atoms with Gasteiger partial charge in [-0.05, 0) is 34.5 Å². The molecule has 14 heavy (non-hydrogen) atoms. The van der Waals surface area contributed by atoms with Crippen LogP contribution in [0.25, 0.3) is 0 Å². The van der Waals surface area contributed by atoms with E-state index in [1.807, 2.05) is 13.0 Å². The van der Waals surface area contributed by atoms with Crippen LogP contribution in [0.2, 0.25) is 0 Å². The smallest absolute Gasteiger partial charge is 0.257 e. The second kappa shape index (κ2) is 3.16. The summed E-state index contributed by atoms with van der Waals surface area (Å²) in [5.41, 5.74) is 0.943. The van der Waals surface area contributed by atoms with E-state index >= 15 is 0 Å². The molecule has 2 aliphatic rings. The van der Waals surface area contributed by atoms with Crippen LogP contribution in [-0.4, -0.2) is 22.5 Å². The van der Waals surface area contributed by atoms with Crippen LogP contribution >= 0.6 is 15.9 Å². The highest BCUT2D eigenvalue weighted by Gasteiger charge is 2.29. The van der Waals surface area contributed by atoms with Crippen LogP contribution in [0.1, 0.15) is 13.3 Å². The average Bonchev–Trinajstić information content (AvgIpc) is 2.07. The highest BCUT2D eigenvalue weighted by Crippen LogP contribution is 2.24. The lowest BCUT2D eigenvalue weighted by atomic mass is 10.2. The number of carbonyl (C=O) groups excluding carboxylic acids is 2. The molecule has 0 saturated heterocycles. The van der Waals surface area contributed by atoms with E-state index in [1.54, 1.807) is 6.20 Å². The molecule has 0 spiro atoms. The molecular formula is C9H7BrN2O2. The predicted molar refractivity (Wildman–Crippen MR) is 54.7 cm³/mol. The van der Waals surface area contributed by atoms with Crippen molar-refractivity contribution < 1.29 is 9.59 Å². The Bertz CT molecular complexity index is 421. The lowest BCUT2D eigenvalue weighted by molar-refractivity contribution is -0.131. The fraction of sp³-hybridized carbons (Fsp3) is 0.222. The van der Waals surface area contributed by atoms with Gasteiger partial charge in [-0.2, -0.15) is 4.99 Å². The number of rotatable bonds is 0. The molecule has 0 radical (unpaired) electrons. The first-order valence-corrected chi connectivity index (χ1v) is 4.87. The number of amides is 2. The molecule has 0 N–H and O–H groups in total. The van der Waals surface area contributed by atoms with Gasteiger partial charge in [0.15, 0.2) is 5.84 Å². The number of amidine groups is 1. The van der Waals surface area contributed by atoms with Crippen LogP contribution in [0.3, 0.4) is 0 Å². The zero-order chi connectivity index (χ0) is 10.3. The highest BCUT2D eigenvalue weighted by molar-refractivity contribution is 9.12. The summed E-state index contributed by atoms with van der Waals surface area (Å²) < 4.78 is 0.666. The normalized spacial score (nSPS) is 21.3. The fourth-order valence-corrected chi connectivity index (χ4v) is 1.99. The van der Waals surface area contributed by atoms with Gasteiger partial charge in [0.25, 0.3) is 5.91 Å². The maximum atomic E-state index is 11.5. The van der Waals surface area contributed by atoms with Gasteiger partial charge in [0.05, 0.1) is 4.48 Å². The monoisotopic (exact) mass is 254 g/mol. The SMILES string of the molecule is CC1=CN2C(=O)CC(=O)N=C2C(Br)=C1. The van der Waals surface area contributed by atoms with Crippen molar-refractivity contribution in [3.8, 4) is 0 Å². The van der Waals surface area contributed by atoms with Gasteiger partial charge in [-0.25, -0.2) is 0 Å². The molecule has 0 unspecified atom stereocenters. The van der Waals surface area contributed by atoms with Crippen molar-refractivity contribution in [1.82, 2.24) is 4.90 Å². The molecule has 4 nitrogen and oxygen atoms in total. The summed E-state index contributed by atoms with van der Waals surface area (Å²) in [5, 5.41) is 0. The number of halogens is 1. The Labute approximate surface area is 89.1 Å². The van der Waals surface area contributed by atoms with Crippen LogP contribution < -0.4 is 0 Å². The van der Waals surface area contributed by atoms with Crippen molar-refractivity contribution in [3.05, 3.63) is 22.3 Å². The minimum absolute atomic E-state index is 0.145. The van der Waals surface area contributed by atoms with Crippen molar-refractivity contribution in [3.63, 3.8) is 0 Å². The lowest BCUT2D eigenvalue weighted by Gasteiger charge is -2.26. The molecule has 0 atom stereocenters. The molecule has 2 rings (SSSR count). The van der Waals surface area contributed by atoms with Gasteiger partial charge in [0.2, 0.25) is 5.91 Å². The van der Waals surface area contributed by atoms with Crippen LogP contribution in [0.4, 0.5) is 0 Å². The minimum atomic E-state index is -0.389. The van der Waals surface area contributed by atoms with E-state index in [9.17, 15) is 9.59 Å². The van der Waals surface area contributed by atoms with Crippen LogP contribution in [-0.2, 0) is 9.59 Å². The number of carbonyl (C=O) groups is 2. The molecule has 0 aliphatic carbocycles. The number of hydrogen-bond donors (Lipinski definition) is 0. The number of fused-ring (bicyclic) bond motifs is 1. The third-order valence-electron chi connectivity index (χ3n) is 1.93. The van der Waals surface area contributed by atoms with Crippen LogP contribution in [0.15, 0.2) is 27.3 Å². The van der Waals surface area contributed by atoms with Gasteiger partial charge in [-0.15, -0.1) is 0 Å². The maximum Gasteiger partial charge on any atom is 0.257 e. The van der Waals surface area contributed by atoms with Gasteiger partial charge in [0, 0.05) is 6.20 Å². The topological polar surface area (TPSA) is 49.7 Å². The Kier molecular flexibility index (Phi) is 2.11. The minimum Gasteiger partial charge on any atom is -0.273 e. The molecule has 5 heteroatoms. The number of allylic oxidation sites excluding steroid dienone is 2. The average molecular weight is 255 g/mol. The molecule has 0 aromatic carbocycles. The quantitative estimate of drug-likeness (QED) is 0.613. The molecule has 2 amide bonds. The van der Waals surface area contributed by atoms with E-state index in [0.29, 0.717) is 10.3 Å². The molecule has 0 aromatic heterocycles. The second-order valence-corrected chi connectivity index (χ2v) is 3.99. The van der Waals surface area contributed by atoms with Crippen molar-refractivity contribution in [2.75, 3.05) is 0 Å². The highest BCUT2D eigenvalue weighted by atomic mass is 79.9. The van der Waals surface area contributed by atoms with E-state index in [0.717, 1.165) is 5.57 Å². The van der Waals surface area contributed by atoms with Crippen LogP contribution in [0.5, 0.6) is 0 Å². The Balaban J connectivity index is 2.51. The van der Waals surface area contributed by atoms with Gasteiger partial charge < -0.3 is 0 Å². The first-order valence-electron chi connectivity index (χ1n) is 4.07. The van der Waals surface area contributed by atoms with Crippen molar-refractivity contribution in [1.29, 1.82) is 0 Å². The van der Waals surface area contributed by atoms with E-state index in [1.165, 1.54) is 4.90 Å². The number of aliphatic imine (C=N–C) groups is 1. The summed E-state index contributed by atoms with van der Waals surface area (Å²) >= 11 is 3.27. The van der Waals surface area contributed by atoms with Gasteiger partial charge in [0.1, 0.15) is 6.42 Å². The number of nitrogens with zero attached hydrogens (tertiary/aromatic N) is 2. The second-order valence-electron chi connectivity index (χ2n) is 3.14. The molecule has 72 valence electrons. The van der Waals surface area contributed by atoms with Crippen LogP contribution in [0, 0.1) is 0 Å². The largest absolute Gasteiger partial charge is 0.273 e. The maximum absolute atomic E-state index is 11.5. The molecule has 2 aliphatic heterocycles. The molecule has 0 aromatic rings. The summed E-state index contributed by atoms with van der Waals surface area (Å²) in [6.07, 6.45) is 3.35. The summed E-state index contributed by atoms with van der Waals surface area (Å²) in [7, 11) is 0. The summed E-state index contributed by atoms with van der Waals surface area (Å²) in [6.45, 7) is 1.88. The van der Waals surface area contributed by atoms with E-state index in [2.05, 4.69) is 20.9 Å². The Morgan fingerprint density at radius 2 is 2.21 bits per heavy atom. The van der Waals surface area contributed by atoms with E-state index in [4.69, 9.17) is 0 Å². The summed E-state index contributed by atoms with van der Waals surface area (Å²) in [6, 6.07) is 0. The van der Waals surface area contributed by atoms with Crippen molar-refractivity contribution in [2.45, 2.75) is 13.3 Å². The van der Waals surface area contributed by atoms with Crippen molar-refractivity contribution in [2.24, 2.45) is 4.99 Å². The first-order chi connectivity index (χ1) is 6.58. The van der Waals surface area contributed by atoms with Gasteiger partial charge in [-0.3, -0.25) is 14.5 Å². The summed E-state index contributed by atoms with van der Waals surface area (Å²) in [4.78, 5) is 27.7. The molecule has 0 bridgehead atoms. The third kappa shape index (κ3) is 1.43. The van der Waals surface area contributed by atoms with Gasteiger partial charge in [-0.1, -0.05) is 0 Å². The Morgan fingerprint density at radius 3 is 2.93 bits per heavy atom. The zero-order valence-electron chi connectivity index (χ0n) is 7.45. The summed E-state index contributed by atoms with van der Waals surface area (Å²) in [5.74, 6) is -0.235. The third-order valence-corrected chi connectivity index (χ3v) is 2.51. The molecule has 0 saturated carbocycles. The molecule has 2 heterocycles. The Hall–Kier alpha value is -1.23.